The van der Waals surface area contributed by atoms with Gasteiger partial charge in [-0.3, -0.25) is 0 Å². The first-order chi connectivity index (χ1) is 6.84. The second-order valence-electron chi connectivity index (χ2n) is 3.88. The number of thioether (sulfide) groups is 1. The van der Waals surface area contributed by atoms with Crippen LogP contribution in [0.5, 0.6) is 0 Å². The number of aryl methyl sites for hydroxylation is 1. The predicted molar refractivity (Wildman–Crippen MR) is 70.2 cm³/mol. The summed E-state index contributed by atoms with van der Waals surface area (Å²) >= 11 is 2.03. The summed E-state index contributed by atoms with van der Waals surface area (Å²) in [5.41, 5.74) is 1.35. The van der Waals surface area contributed by atoms with Crippen LogP contribution in [0.1, 0.15) is 18.4 Å². The molecule has 0 amide bonds. The highest BCUT2D eigenvalue weighted by Crippen LogP contribution is 2.28. The fourth-order valence-electron chi connectivity index (χ4n) is 1.72. The number of rotatable bonds is 2. The fourth-order valence-corrected chi connectivity index (χ4v) is 2.87. The Morgan fingerprint density at radius 3 is 2.33 bits per heavy atom. The maximum absolute atomic E-state index is 3.40. The predicted octanol–water partition coefficient (Wildman–Crippen LogP) is 3.26. The van der Waals surface area contributed by atoms with Gasteiger partial charge >= 0.3 is 0 Å². The lowest BCUT2D eigenvalue weighted by Crippen LogP contribution is -2.29. The third-order valence-corrected chi connectivity index (χ3v) is 3.96. The molecule has 1 nitrogen and oxygen atoms in total. The maximum atomic E-state index is 3.40. The zero-order valence-electron chi connectivity index (χ0n) is 9.03. The van der Waals surface area contributed by atoms with Gasteiger partial charge in [-0.25, -0.2) is 0 Å². The van der Waals surface area contributed by atoms with Crippen molar-refractivity contribution in [1.82, 2.24) is 5.32 Å². The summed E-state index contributed by atoms with van der Waals surface area (Å²) < 4.78 is 0. The quantitative estimate of drug-likeness (QED) is 0.856. The Kier molecular flexibility index (Phi) is 5.51. The smallest absolute Gasteiger partial charge is 0.0118 e. The van der Waals surface area contributed by atoms with Crippen molar-refractivity contribution in [2.45, 2.75) is 29.9 Å². The van der Waals surface area contributed by atoms with Crippen LogP contribution in [0.15, 0.2) is 29.2 Å². The molecule has 0 spiro atoms. The van der Waals surface area contributed by atoms with Crippen LogP contribution >= 0.6 is 24.2 Å². The van der Waals surface area contributed by atoms with Crippen LogP contribution in [0, 0.1) is 6.92 Å². The largest absolute Gasteiger partial charge is 0.317 e. The molecule has 1 aliphatic heterocycles. The summed E-state index contributed by atoms with van der Waals surface area (Å²) in [6, 6.07) is 8.87. The molecule has 2 rings (SSSR count). The number of hydrogen-bond acceptors (Lipinski definition) is 2. The minimum absolute atomic E-state index is 0. The summed E-state index contributed by atoms with van der Waals surface area (Å²) in [5.74, 6) is 0. The van der Waals surface area contributed by atoms with Gasteiger partial charge in [0.05, 0.1) is 0 Å². The molecule has 1 aromatic rings. The molecule has 1 heterocycles. The van der Waals surface area contributed by atoms with Gasteiger partial charge in [-0.2, -0.15) is 0 Å². The van der Waals surface area contributed by atoms with Crippen LogP contribution in [0.3, 0.4) is 0 Å². The van der Waals surface area contributed by atoms with E-state index in [1.807, 2.05) is 11.8 Å². The van der Waals surface area contributed by atoms with Crippen molar-refractivity contribution < 1.29 is 0 Å². The highest BCUT2D eigenvalue weighted by molar-refractivity contribution is 8.00. The second-order valence-corrected chi connectivity index (χ2v) is 5.25. The Hall–Kier alpha value is -0.180. The topological polar surface area (TPSA) is 12.0 Å². The molecule has 0 aromatic heterocycles. The summed E-state index contributed by atoms with van der Waals surface area (Å²) in [6.45, 7) is 4.51. The van der Waals surface area contributed by atoms with Crippen LogP contribution in [0.25, 0.3) is 0 Å². The molecule has 0 bridgehead atoms. The molecule has 15 heavy (non-hydrogen) atoms. The van der Waals surface area contributed by atoms with Crippen molar-refractivity contribution in [3.63, 3.8) is 0 Å². The Balaban J connectivity index is 0.00000112. The zero-order chi connectivity index (χ0) is 9.80. The van der Waals surface area contributed by atoms with Crippen molar-refractivity contribution >= 4 is 24.2 Å². The van der Waals surface area contributed by atoms with Gasteiger partial charge in [0, 0.05) is 10.1 Å². The Morgan fingerprint density at radius 2 is 1.73 bits per heavy atom. The second kappa shape index (κ2) is 6.41. The lowest BCUT2D eigenvalue weighted by molar-refractivity contribution is 0.531. The Morgan fingerprint density at radius 1 is 1.13 bits per heavy atom. The molecule has 84 valence electrons. The number of hydrogen-bond donors (Lipinski definition) is 1. The zero-order valence-corrected chi connectivity index (χ0v) is 10.7. The van der Waals surface area contributed by atoms with Crippen molar-refractivity contribution in [2.24, 2.45) is 0 Å². The van der Waals surface area contributed by atoms with Crippen LogP contribution in [-0.4, -0.2) is 18.3 Å². The molecule has 0 saturated carbocycles. The van der Waals surface area contributed by atoms with Gasteiger partial charge in [0.1, 0.15) is 0 Å². The third-order valence-electron chi connectivity index (χ3n) is 2.61. The molecule has 0 aliphatic carbocycles. The van der Waals surface area contributed by atoms with Gasteiger partial charge in [-0.05, 0) is 45.0 Å². The fraction of sp³-hybridized carbons (Fsp3) is 0.500. The molecular weight excluding hydrogens is 226 g/mol. The van der Waals surface area contributed by atoms with Crippen LogP contribution in [0.2, 0.25) is 0 Å². The minimum atomic E-state index is 0. The monoisotopic (exact) mass is 243 g/mol. The molecular formula is C12H18ClNS. The first-order valence-corrected chi connectivity index (χ1v) is 6.16. The standard InChI is InChI=1S/C12H17NS.ClH/c1-10-2-4-11(5-3-10)14-12-6-8-13-9-7-12;/h2-5,12-13H,6-9H2,1H3;1H. The lowest BCUT2D eigenvalue weighted by atomic mass is 10.2. The van der Waals surface area contributed by atoms with E-state index in [1.165, 1.54) is 36.4 Å². The Bertz CT molecular complexity index is 280. The van der Waals surface area contributed by atoms with E-state index >= 15 is 0 Å². The third kappa shape index (κ3) is 4.06. The first-order valence-electron chi connectivity index (χ1n) is 5.28. The number of piperidine rings is 1. The van der Waals surface area contributed by atoms with Gasteiger partial charge in [0.25, 0.3) is 0 Å². The van der Waals surface area contributed by atoms with Gasteiger partial charge in [-0.1, -0.05) is 17.7 Å². The average Bonchev–Trinajstić information content (AvgIpc) is 2.23. The summed E-state index contributed by atoms with van der Waals surface area (Å²) in [5, 5.41) is 4.21. The molecule has 0 unspecified atom stereocenters. The van der Waals surface area contributed by atoms with Crippen LogP contribution in [0.4, 0.5) is 0 Å². The van der Waals surface area contributed by atoms with Gasteiger partial charge in [-0.15, -0.1) is 24.2 Å². The molecule has 1 aromatic carbocycles. The molecule has 1 fully saturated rings. The van der Waals surface area contributed by atoms with Crippen molar-refractivity contribution in [2.75, 3.05) is 13.1 Å². The van der Waals surface area contributed by atoms with E-state index < -0.39 is 0 Å². The molecule has 0 atom stereocenters. The average molecular weight is 244 g/mol. The van der Waals surface area contributed by atoms with E-state index in [0.717, 1.165) is 5.25 Å². The molecule has 1 aliphatic rings. The van der Waals surface area contributed by atoms with Gasteiger partial charge < -0.3 is 5.32 Å². The number of benzene rings is 1. The van der Waals surface area contributed by atoms with Gasteiger partial charge in [0.2, 0.25) is 0 Å². The highest BCUT2D eigenvalue weighted by atomic mass is 35.5. The Labute approximate surface area is 102 Å². The van der Waals surface area contributed by atoms with Crippen molar-refractivity contribution in [3.05, 3.63) is 29.8 Å². The summed E-state index contributed by atoms with van der Waals surface area (Å²) in [4.78, 5) is 1.42. The molecule has 0 radical (unpaired) electrons. The summed E-state index contributed by atoms with van der Waals surface area (Å²) in [6.07, 6.45) is 2.61. The van der Waals surface area contributed by atoms with E-state index in [-0.39, 0.29) is 12.4 Å². The molecule has 1 saturated heterocycles. The minimum Gasteiger partial charge on any atom is -0.317 e. The van der Waals surface area contributed by atoms with Crippen molar-refractivity contribution in [1.29, 1.82) is 0 Å². The number of halogens is 1. The SMILES string of the molecule is Cc1ccc(SC2CCNCC2)cc1.Cl. The first kappa shape index (κ1) is 12.9. The number of nitrogens with one attached hydrogen (secondary N) is 1. The van der Waals surface area contributed by atoms with E-state index in [1.54, 1.807) is 0 Å². The maximum Gasteiger partial charge on any atom is 0.0118 e. The lowest BCUT2D eigenvalue weighted by Gasteiger charge is -2.21. The van der Waals surface area contributed by atoms with E-state index in [4.69, 9.17) is 0 Å². The van der Waals surface area contributed by atoms with Gasteiger partial charge in [0.15, 0.2) is 0 Å². The summed E-state index contributed by atoms with van der Waals surface area (Å²) in [7, 11) is 0. The van der Waals surface area contributed by atoms with E-state index in [2.05, 4.69) is 36.5 Å². The normalized spacial score (nSPS) is 17.1. The van der Waals surface area contributed by atoms with Crippen LogP contribution in [-0.2, 0) is 0 Å². The van der Waals surface area contributed by atoms with E-state index in [9.17, 15) is 0 Å². The molecule has 1 N–H and O–H groups in total. The molecule has 3 heteroatoms. The van der Waals surface area contributed by atoms with Crippen molar-refractivity contribution in [3.8, 4) is 0 Å². The van der Waals surface area contributed by atoms with Crippen LogP contribution < -0.4 is 5.32 Å². The highest BCUT2D eigenvalue weighted by Gasteiger charge is 2.13. The van der Waals surface area contributed by atoms with E-state index in [0.29, 0.717) is 0 Å².